The zero-order chi connectivity index (χ0) is 54.3. The van der Waals surface area contributed by atoms with E-state index in [9.17, 15) is 0 Å². The van der Waals surface area contributed by atoms with E-state index in [1.165, 1.54) is 117 Å². The summed E-state index contributed by atoms with van der Waals surface area (Å²) in [6.45, 7) is 0. The molecule has 0 N–H and O–H groups in total. The Morgan fingerprint density at radius 2 is 1.28 bits per heavy atom. The lowest BCUT2D eigenvalue weighted by Gasteiger charge is -2.35. The molecule has 5 aliphatic carbocycles. The molecule has 18 rings (SSSR count). The van der Waals surface area contributed by atoms with Crippen molar-refractivity contribution >= 4 is 67.0 Å². The van der Waals surface area contributed by atoms with Crippen LogP contribution in [0.1, 0.15) is 70.0 Å². The van der Waals surface area contributed by atoms with Crippen LogP contribution in [0.4, 0.5) is 22.7 Å². The van der Waals surface area contributed by atoms with Gasteiger partial charge in [0.2, 0.25) is 0 Å². The average Bonchev–Trinajstić information content (AvgIpc) is 1.72. The van der Waals surface area contributed by atoms with Crippen LogP contribution in [0.2, 0.25) is 0 Å². The molecule has 4 heteroatoms. The van der Waals surface area contributed by atoms with Gasteiger partial charge in [0, 0.05) is 74.3 Å². The van der Waals surface area contributed by atoms with Crippen molar-refractivity contribution in [1.29, 1.82) is 0 Å². The minimum atomic E-state index is -0.442. The molecule has 7 aliphatic rings. The third-order valence-corrected chi connectivity index (χ3v) is 19.3. The van der Waals surface area contributed by atoms with E-state index >= 15 is 0 Å². The van der Waals surface area contributed by atoms with E-state index in [-0.39, 0.29) is 17.9 Å². The highest BCUT2D eigenvalue weighted by Gasteiger charge is 2.54. The molecule has 11 aromatic rings. The number of aromatic nitrogens is 1. The number of benzene rings is 10. The van der Waals surface area contributed by atoms with Gasteiger partial charge < -0.3 is 19.3 Å². The van der Waals surface area contributed by atoms with E-state index in [0.29, 0.717) is 0 Å². The largest absolute Gasteiger partial charge is 0.333 e. The van der Waals surface area contributed by atoms with Gasteiger partial charge >= 0.3 is 0 Å². The molecule has 3 heterocycles. The highest BCUT2D eigenvalue weighted by Crippen LogP contribution is 2.65. The lowest BCUT2D eigenvalue weighted by molar-refractivity contribution is 0.579. The summed E-state index contributed by atoms with van der Waals surface area (Å²) in [7, 11) is 0. The van der Waals surface area contributed by atoms with Crippen LogP contribution >= 0.6 is 0 Å². The molecule has 0 radical (unpaired) electrons. The fraction of sp³-hybridized carbons (Fsp3) is 0.0886. The molecular weight excluding hydrogens is 1000 g/mol. The van der Waals surface area contributed by atoms with Crippen LogP contribution in [-0.4, -0.2) is 15.5 Å². The van der Waals surface area contributed by atoms with Crippen molar-refractivity contribution in [2.75, 3.05) is 9.80 Å². The topological polar surface area (TPSA) is 14.7 Å². The lowest BCUT2D eigenvalue weighted by atomic mass is 9.67. The van der Waals surface area contributed by atoms with Gasteiger partial charge in [-0.15, -0.1) is 0 Å². The molecule has 0 amide bonds. The van der Waals surface area contributed by atoms with Crippen molar-refractivity contribution in [3.63, 3.8) is 0 Å². The van der Waals surface area contributed by atoms with Crippen molar-refractivity contribution in [3.05, 3.63) is 341 Å². The summed E-state index contributed by atoms with van der Waals surface area (Å²) in [6.07, 6.45) is 25.0. The second kappa shape index (κ2) is 17.9. The Labute approximate surface area is 483 Å². The third kappa shape index (κ3) is 6.58. The Bertz CT molecular complexity index is 4810. The first-order valence-corrected chi connectivity index (χ1v) is 29.6. The zero-order valence-electron chi connectivity index (χ0n) is 45.8. The Balaban J connectivity index is 0.831. The minimum absolute atomic E-state index is 0.0684. The van der Waals surface area contributed by atoms with Crippen LogP contribution < -0.4 is 9.80 Å². The summed E-state index contributed by atoms with van der Waals surface area (Å²) in [6, 6.07) is 86.1. The monoisotopic (exact) mass is 1060 g/mol. The van der Waals surface area contributed by atoms with Crippen LogP contribution in [0.3, 0.4) is 0 Å². The summed E-state index contributed by atoms with van der Waals surface area (Å²) in [5, 5.41) is 5.12. The van der Waals surface area contributed by atoms with E-state index in [4.69, 9.17) is 0 Å². The molecule has 1 aromatic heterocycles. The smallest absolute Gasteiger partial charge is 0.0694 e. The maximum Gasteiger partial charge on any atom is 0.0694 e. The van der Waals surface area contributed by atoms with Crippen LogP contribution in [0, 0.1) is 0 Å². The molecule has 10 aromatic carbocycles. The highest BCUT2D eigenvalue weighted by molar-refractivity contribution is 6.11. The second-order valence-electron chi connectivity index (χ2n) is 23.3. The standard InChI is InChI=1S/C79H56N4/c1-3-22-53(23-4-1)81-71-35-16-11-28-60(71)63-42-39-55(48-74(63)81)80(47-46-52-21-19-32-66-59-27-9-14-33-68(59)79(78(52)66)69-34-15-10-31-67(69)77-58-26-8-7-20-51(58)38-45-70(77)79)56-40-43-64-62-30-13-18-37-73(62)83(75(64)49-56)57-41-44-65-61-29-12-17-36-72(61)82(76(65)50-57)54-24-5-2-6-25-54/h1-14,16-33,35-42,44-50,63-64,74H,15,34,43H2. The van der Waals surface area contributed by atoms with E-state index in [2.05, 4.69) is 305 Å². The van der Waals surface area contributed by atoms with Crippen molar-refractivity contribution in [3.8, 4) is 16.8 Å². The summed E-state index contributed by atoms with van der Waals surface area (Å²) in [5.41, 5.74) is 26.7. The summed E-state index contributed by atoms with van der Waals surface area (Å²) in [4.78, 5) is 7.63. The zero-order valence-corrected chi connectivity index (χ0v) is 45.8. The van der Waals surface area contributed by atoms with Crippen molar-refractivity contribution in [2.45, 2.75) is 42.6 Å². The number of nitrogens with zero attached hydrogens (tertiary/aromatic N) is 4. The predicted molar refractivity (Wildman–Crippen MR) is 344 cm³/mol. The Kier molecular flexibility index (Phi) is 10.1. The number of hydrogen-bond donors (Lipinski definition) is 0. The van der Waals surface area contributed by atoms with Crippen molar-refractivity contribution in [1.82, 2.24) is 9.47 Å². The van der Waals surface area contributed by atoms with Crippen LogP contribution in [0.5, 0.6) is 0 Å². The van der Waals surface area contributed by atoms with E-state index in [1.807, 2.05) is 0 Å². The average molecular weight is 1060 g/mol. The van der Waals surface area contributed by atoms with Crippen LogP contribution in [-0.2, 0) is 5.41 Å². The number of fused-ring (bicyclic) bond motifs is 20. The lowest BCUT2D eigenvalue weighted by Crippen LogP contribution is -2.31. The number of anilines is 4. The molecule has 0 bridgehead atoms. The minimum Gasteiger partial charge on any atom is -0.333 e. The van der Waals surface area contributed by atoms with Gasteiger partial charge in [0.25, 0.3) is 0 Å². The quantitative estimate of drug-likeness (QED) is 0.158. The van der Waals surface area contributed by atoms with Gasteiger partial charge in [0.1, 0.15) is 0 Å². The van der Waals surface area contributed by atoms with E-state index in [0.717, 1.165) is 42.0 Å². The number of para-hydroxylation sites is 5. The first kappa shape index (κ1) is 46.6. The first-order valence-electron chi connectivity index (χ1n) is 29.6. The first-order chi connectivity index (χ1) is 41.2. The van der Waals surface area contributed by atoms with Gasteiger partial charge in [-0.25, -0.2) is 0 Å². The molecule has 2 aliphatic heterocycles. The Morgan fingerprint density at radius 3 is 2.17 bits per heavy atom. The van der Waals surface area contributed by atoms with Gasteiger partial charge in [-0.1, -0.05) is 200 Å². The summed E-state index contributed by atoms with van der Waals surface area (Å²) >= 11 is 0. The highest BCUT2D eigenvalue weighted by atomic mass is 15.2. The summed E-state index contributed by atoms with van der Waals surface area (Å²) < 4.78 is 2.44. The maximum absolute atomic E-state index is 2.56. The predicted octanol–water partition coefficient (Wildman–Crippen LogP) is 19.5. The Morgan fingerprint density at radius 1 is 0.542 bits per heavy atom. The fourth-order valence-electron chi connectivity index (χ4n) is 16.0. The molecule has 4 nitrogen and oxygen atoms in total. The fourth-order valence-corrected chi connectivity index (χ4v) is 16.0. The molecule has 1 spiro atoms. The van der Waals surface area contributed by atoms with Gasteiger partial charge in [-0.05, 0) is 170 Å². The third-order valence-electron chi connectivity index (χ3n) is 19.3. The Hall–Kier alpha value is -10.2. The van der Waals surface area contributed by atoms with Gasteiger partial charge in [0.05, 0.1) is 22.5 Å². The molecule has 83 heavy (non-hydrogen) atoms. The van der Waals surface area contributed by atoms with Gasteiger partial charge in [-0.2, -0.15) is 0 Å². The SMILES string of the molecule is C1=CC2=C(CC1)C1(c3ccccc3-c3cccc(C=CN(C4=CCC5C(=C4)N(c4ccc6c7ccccc7n(-c7ccccc7)c6c4)c4ccccc45)C4=CC5C(C=C4)c4ccccc4N5c4ccccc4)c31)c1ccc3ccccc3c12. The molecular formula is C79H56N4. The summed E-state index contributed by atoms with van der Waals surface area (Å²) in [5.74, 6) is 0.391. The molecule has 0 saturated carbocycles. The molecule has 4 atom stereocenters. The van der Waals surface area contributed by atoms with Crippen molar-refractivity contribution in [2.24, 2.45) is 0 Å². The number of hydrogen-bond acceptors (Lipinski definition) is 3. The number of rotatable bonds is 7. The van der Waals surface area contributed by atoms with Crippen LogP contribution in [0.25, 0.3) is 61.0 Å². The van der Waals surface area contributed by atoms with E-state index < -0.39 is 5.41 Å². The molecule has 0 saturated heterocycles. The molecule has 0 fully saturated rings. The van der Waals surface area contributed by atoms with E-state index in [1.54, 1.807) is 0 Å². The van der Waals surface area contributed by atoms with Gasteiger partial charge in [0.15, 0.2) is 0 Å². The van der Waals surface area contributed by atoms with Gasteiger partial charge in [-0.3, -0.25) is 0 Å². The second-order valence-corrected chi connectivity index (χ2v) is 23.3. The normalized spacial score (nSPS) is 20.3. The molecule has 4 unspecified atom stereocenters. The number of allylic oxidation sites excluding steroid dienone is 8. The van der Waals surface area contributed by atoms with Crippen LogP contribution in [0.15, 0.2) is 302 Å². The molecule has 392 valence electrons. The maximum atomic E-state index is 2.56. The van der Waals surface area contributed by atoms with Crippen molar-refractivity contribution < 1.29 is 0 Å².